The van der Waals surface area contributed by atoms with Crippen LogP contribution >= 0.6 is 23.2 Å². The molecule has 1 amide bonds. The fraction of sp³-hybridized carbons (Fsp3) is 0.111. The van der Waals surface area contributed by atoms with E-state index in [0.29, 0.717) is 22.1 Å². The van der Waals surface area contributed by atoms with Crippen LogP contribution in [0.2, 0.25) is 10.0 Å². The molecule has 3 rings (SSSR count). The van der Waals surface area contributed by atoms with Gasteiger partial charge < -0.3 is 14.6 Å². The van der Waals surface area contributed by atoms with Crippen LogP contribution in [0, 0.1) is 17.0 Å². The summed E-state index contributed by atoms with van der Waals surface area (Å²) in [5.74, 6) is 0.408. The van der Waals surface area contributed by atoms with E-state index >= 15 is 0 Å². The molecule has 0 bridgehead atoms. The van der Waals surface area contributed by atoms with Gasteiger partial charge >= 0.3 is 0 Å². The number of anilines is 1. The Morgan fingerprint density at radius 3 is 2.61 bits per heavy atom. The van der Waals surface area contributed by atoms with Crippen molar-refractivity contribution in [3.05, 3.63) is 79.6 Å². The van der Waals surface area contributed by atoms with Crippen molar-refractivity contribution in [1.29, 1.82) is 0 Å². The van der Waals surface area contributed by atoms with Crippen molar-refractivity contribution in [2.45, 2.75) is 13.5 Å². The average molecular weight is 422 g/mol. The summed E-state index contributed by atoms with van der Waals surface area (Å²) in [6.07, 6.45) is 0. The van der Waals surface area contributed by atoms with Crippen molar-refractivity contribution in [3.63, 3.8) is 0 Å². The number of ether oxygens (including phenoxy) is 1. The number of hydrogen-bond acceptors (Lipinski definition) is 6. The first-order chi connectivity index (χ1) is 13.3. The standard InChI is InChI=1S/C18H13Cl2N3O5/c1-10-14(9-27-13-5-2-11(19)3-6-13)17(22-28-10)18(24)21-16-7-4-12(23(25)26)8-15(16)20/h2-8H,9H2,1H3,(H,21,24). The van der Waals surface area contributed by atoms with E-state index in [0.717, 1.165) is 6.07 Å². The van der Waals surface area contributed by atoms with Gasteiger partial charge in [-0.05, 0) is 37.3 Å². The number of nitrogens with zero attached hydrogens (tertiary/aromatic N) is 2. The lowest BCUT2D eigenvalue weighted by molar-refractivity contribution is -0.384. The van der Waals surface area contributed by atoms with Crippen molar-refractivity contribution in [2.24, 2.45) is 0 Å². The number of nitro benzene ring substituents is 1. The molecule has 1 N–H and O–H groups in total. The number of amides is 1. The molecule has 10 heteroatoms. The SMILES string of the molecule is Cc1onc(C(=O)Nc2ccc([N+](=O)[O-])cc2Cl)c1COc1ccc(Cl)cc1. The minimum absolute atomic E-state index is 0.0286. The molecule has 28 heavy (non-hydrogen) atoms. The molecule has 0 spiro atoms. The highest BCUT2D eigenvalue weighted by Crippen LogP contribution is 2.27. The monoisotopic (exact) mass is 421 g/mol. The Balaban J connectivity index is 1.76. The largest absolute Gasteiger partial charge is 0.489 e. The lowest BCUT2D eigenvalue weighted by atomic mass is 10.2. The van der Waals surface area contributed by atoms with Crippen molar-refractivity contribution < 1.29 is 19.0 Å². The molecule has 0 unspecified atom stereocenters. The molecule has 0 aliphatic rings. The quantitative estimate of drug-likeness (QED) is 0.441. The van der Waals surface area contributed by atoms with E-state index in [4.69, 9.17) is 32.5 Å². The third-order valence-corrected chi connectivity index (χ3v) is 4.37. The summed E-state index contributed by atoms with van der Waals surface area (Å²) in [6, 6.07) is 10.5. The summed E-state index contributed by atoms with van der Waals surface area (Å²) in [7, 11) is 0. The maximum Gasteiger partial charge on any atom is 0.278 e. The van der Waals surface area contributed by atoms with Crippen LogP contribution in [0.3, 0.4) is 0 Å². The fourth-order valence-electron chi connectivity index (χ4n) is 2.33. The number of non-ortho nitro benzene ring substituents is 1. The molecule has 0 aliphatic carbocycles. The number of benzene rings is 2. The van der Waals surface area contributed by atoms with Gasteiger partial charge in [0.2, 0.25) is 0 Å². The molecule has 3 aromatic rings. The van der Waals surface area contributed by atoms with Crippen molar-refractivity contribution >= 4 is 40.5 Å². The molecule has 144 valence electrons. The lowest BCUT2D eigenvalue weighted by Crippen LogP contribution is -2.15. The summed E-state index contributed by atoms with van der Waals surface area (Å²) < 4.78 is 10.8. The Morgan fingerprint density at radius 1 is 1.25 bits per heavy atom. The van der Waals surface area contributed by atoms with Crippen LogP contribution in [0.1, 0.15) is 21.8 Å². The second-order valence-corrected chi connectivity index (χ2v) is 6.53. The summed E-state index contributed by atoms with van der Waals surface area (Å²) in [5.41, 5.74) is 0.520. The van der Waals surface area contributed by atoms with Gasteiger partial charge in [0, 0.05) is 17.2 Å². The van der Waals surface area contributed by atoms with Crippen LogP contribution in [0.4, 0.5) is 11.4 Å². The van der Waals surface area contributed by atoms with Crippen LogP contribution in [-0.4, -0.2) is 16.0 Å². The number of aryl methyl sites for hydroxylation is 1. The normalized spacial score (nSPS) is 10.5. The Kier molecular flexibility index (Phi) is 5.81. The van der Waals surface area contributed by atoms with Gasteiger partial charge in [-0.15, -0.1) is 0 Å². The summed E-state index contributed by atoms with van der Waals surface area (Å²) in [4.78, 5) is 22.8. The molecule has 0 saturated heterocycles. The zero-order valence-corrected chi connectivity index (χ0v) is 16.0. The van der Waals surface area contributed by atoms with Crippen molar-refractivity contribution in [1.82, 2.24) is 5.16 Å². The molecular weight excluding hydrogens is 409 g/mol. The topological polar surface area (TPSA) is 108 Å². The van der Waals surface area contributed by atoms with Crippen molar-refractivity contribution in [3.8, 4) is 5.75 Å². The van der Waals surface area contributed by atoms with Gasteiger partial charge in [0.25, 0.3) is 11.6 Å². The van der Waals surface area contributed by atoms with Crippen LogP contribution in [0.15, 0.2) is 47.0 Å². The van der Waals surface area contributed by atoms with Crippen LogP contribution in [0.25, 0.3) is 0 Å². The van der Waals surface area contributed by atoms with E-state index in [1.54, 1.807) is 31.2 Å². The Morgan fingerprint density at radius 2 is 1.96 bits per heavy atom. The third kappa shape index (κ3) is 4.41. The van der Waals surface area contributed by atoms with Gasteiger partial charge in [-0.1, -0.05) is 28.4 Å². The Hall–Kier alpha value is -3.10. The van der Waals surface area contributed by atoms with Gasteiger partial charge in [0.05, 0.1) is 21.2 Å². The summed E-state index contributed by atoms with van der Waals surface area (Å²) in [6.45, 7) is 1.71. The van der Waals surface area contributed by atoms with E-state index < -0.39 is 10.8 Å². The molecule has 0 atom stereocenters. The van der Waals surface area contributed by atoms with E-state index in [1.165, 1.54) is 12.1 Å². The first-order valence-corrected chi connectivity index (χ1v) is 8.69. The molecule has 2 aromatic carbocycles. The van der Waals surface area contributed by atoms with Crippen LogP contribution in [-0.2, 0) is 6.61 Å². The van der Waals surface area contributed by atoms with Gasteiger partial charge in [0.15, 0.2) is 5.69 Å². The molecule has 1 heterocycles. The fourth-order valence-corrected chi connectivity index (χ4v) is 2.67. The summed E-state index contributed by atoms with van der Waals surface area (Å²) >= 11 is 11.8. The van der Waals surface area contributed by atoms with Crippen LogP contribution < -0.4 is 10.1 Å². The predicted octanol–water partition coefficient (Wildman–Crippen LogP) is 5.03. The molecular formula is C18H13Cl2N3O5. The van der Waals surface area contributed by atoms with Gasteiger partial charge in [-0.2, -0.15) is 0 Å². The molecule has 1 aromatic heterocycles. The van der Waals surface area contributed by atoms with Crippen molar-refractivity contribution in [2.75, 3.05) is 5.32 Å². The number of carbonyl (C=O) groups is 1. The second-order valence-electron chi connectivity index (χ2n) is 5.68. The van der Waals surface area contributed by atoms with Gasteiger partial charge in [0.1, 0.15) is 18.1 Å². The number of nitrogens with one attached hydrogen (secondary N) is 1. The van der Waals surface area contributed by atoms with E-state index in [-0.39, 0.29) is 28.7 Å². The minimum atomic E-state index is -0.581. The lowest BCUT2D eigenvalue weighted by Gasteiger charge is -2.08. The highest BCUT2D eigenvalue weighted by molar-refractivity contribution is 6.34. The maximum atomic E-state index is 12.6. The highest BCUT2D eigenvalue weighted by atomic mass is 35.5. The molecule has 0 saturated carbocycles. The number of carbonyl (C=O) groups excluding carboxylic acids is 1. The molecule has 0 radical (unpaired) electrons. The zero-order chi connectivity index (χ0) is 20.3. The molecule has 0 fully saturated rings. The zero-order valence-electron chi connectivity index (χ0n) is 14.4. The first kappa shape index (κ1) is 19.7. The second kappa shape index (κ2) is 8.28. The number of hydrogen-bond donors (Lipinski definition) is 1. The Labute approximate surface area is 169 Å². The third-order valence-electron chi connectivity index (χ3n) is 3.81. The van der Waals surface area contributed by atoms with E-state index in [2.05, 4.69) is 10.5 Å². The first-order valence-electron chi connectivity index (χ1n) is 7.94. The molecule has 0 aliphatic heterocycles. The van der Waals surface area contributed by atoms with Gasteiger partial charge in [-0.3, -0.25) is 14.9 Å². The highest BCUT2D eigenvalue weighted by Gasteiger charge is 2.22. The van der Waals surface area contributed by atoms with E-state index in [1.807, 2.05) is 0 Å². The van der Waals surface area contributed by atoms with Crippen LogP contribution in [0.5, 0.6) is 5.75 Å². The number of aromatic nitrogens is 1. The number of nitro groups is 1. The minimum Gasteiger partial charge on any atom is -0.489 e. The predicted molar refractivity (Wildman–Crippen MR) is 103 cm³/mol. The number of rotatable bonds is 6. The smallest absolute Gasteiger partial charge is 0.278 e. The average Bonchev–Trinajstić information content (AvgIpc) is 3.03. The summed E-state index contributed by atoms with van der Waals surface area (Å²) in [5, 5.41) is 17.7. The number of halogens is 2. The van der Waals surface area contributed by atoms with E-state index in [9.17, 15) is 14.9 Å². The Bertz CT molecular complexity index is 1030. The van der Waals surface area contributed by atoms with Gasteiger partial charge in [-0.25, -0.2) is 0 Å². The molecule has 8 nitrogen and oxygen atoms in total. The maximum absolute atomic E-state index is 12.6.